The molecule has 1 N–H and O–H groups in total. The van der Waals surface area contributed by atoms with Crippen LogP contribution in [-0.4, -0.2) is 22.8 Å². The van der Waals surface area contributed by atoms with Gasteiger partial charge in [-0.3, -0.25) is 0 Å². The maximum atomic E-state index is 5.60. The van der Waals surface area contributed by atoms with E-state index in [2.05, 4.69) is 21.9 Å². The highest BCUT2D eigenvalue weighted by Crippen LogP contribution is 2.13. The van der Waals surface area contributed by atoms with Crippen molar-refractivity contribution in [3.05, 3.63) is 24.0 Å². The van der Waals surface area contributed by atoms with Gasteiger partial charge in [0.25, 0.3) is 0 Å². The molecule has 3 nitrogen and oxygen atoms in total. The third-order valence-electron chi connectivity index (χ3n) is 1.31. The normalized spacial score (nSPS) is 9.69. The Morgan fingerprint density at radius 2 is 2.46 bits per heavy atom. The van der Waals surface area contributed by atoms with Crippen molar-refractivity contribution in [3.63, 3.8) is 0 Å². The van der Waals surface area contributed by atoms with Crippen molar-refractivity contribution in [2.24, 2.45) is 0 Å². The summed E-state index contributed by atoms with van der Waals surface area (Å²) in [6.07, 6.45) is 3.48. The minimum absolute atomic E-state index is 0.520. The molecule has 1 rings (SSSR count). The Morgan fingerprint density at radius 3 is 3.08 bits per heavy atom. The van der Waals surface area contributed by atoms with E-state index in [1.54, 1.807) is 11.8 Å². The average Bonchev–Trinajstić information content (AvgIpc) is 2.15. The highest BCUT2D eigenvalue weighted by Gasteiger charge is 1.96. The van der Waals surface area contributed by atoms with E-state index in [4.69, 9.17) is 11.6 Å². The van der Waals surface area contributed by atoms with Gasteiger partial charge in [0.2, 0.25) is 0 Å². The van der Waals surface area contributed by atoms with Gasteiger partial charge < -0.3 is 5.32 Å². The van der Waals surface area contributed by atoms with Crippen LogP contribution in [0.1, 0.15) is 0 Å². The first kappa shape index (κ1) is 10.3. The smallest absolute Gasteiger partial charge is 0.130 e. The van der Waals surface area contributed by atoms with Crippen molar-refractivity contribution in [3.8, 4) is 0 Å². The van der Waals surface area contributed by atoms with Gasteiger partial charge in [-0.2, -0.15) is 0 Å². The van der Waals surface area contributed by atoms with Gasteiger partial charge in [0.05, 0.1) is 6.54 Å². The number of hydrogen-bond acceptors (Lipinski definition) is 4. The van der Waals surface area contributed by atoms with Crippen molar-refractivity contribution >= 4 is 29.2 Å². The van der Waals surface area contributed by atoms with Gasteiger partial charge in [0.15, 0.2) is 0 Å². The zero-order valence-electron chi connectivity index (χ0n) is 7.25. The first-order chi connectivity index (χ1) is 6.22. The molecule has 0 aliphatic carbocycles. The topological polar surface area (TPSA) is 37.8 Å². The number of hydrogen-bond donors (Lipinski definition) is 1. The van der Waals surface area contributed by atoms with Crippen LogP contribution in [0.25, 0.3) is 0 Å². The van der Waals surface area contributed by atoms with Crippen molar-refractivity contribution < 1.29 is 0 Å². The molecule has 1 aromatic heterocycles. The molecule has 5 heteroatoms. The zero-order valence-corrected chi connectivity index (χ0v) is 8.82. The number of nitrogens with one attached hydrogen (secondary N) is 1. The monoisotopic (exact) mass is 215 g/mol. The van der Waals surface area contributed by atoms with Gasteiger partial charge in [0, 0.05) is 11.1 Å². The molecular formula is C8H10ClN3S. The first-order valence-electron chi connectivity index (χ1n) is 3.65. The average molecular weight is 216 g/mol. The fraction of sp³-hybridized carbons (Fsp3) is 0.250. The highest BCUT2D eigenvalue weighted by atomic mass is 35.5. The summed E-state index contributed by atoms with van der Waals surface area (Å²) in [4.78, 5) is 8.07. The number of aromatic nitrogens is 2. The summed E-state index contributed by atoms with van der Waals surface area (Å²) in [6.45, 7) is 4.09. The number of anilines is 1. The second-order valence-electron chi connectivity index (χ2n) is 2.32. The summed E-state index contributed by atoms with van der Waals surface area (Å²) in [5.74, 6) is 0.765. The Hall–Kier alpha value is -0.740. The summed E-state index contributed by atoms with van der Waals surface area (Å²) in [6, 6.07) is 1.87. The van der Waals surface area contributed by atoms with E-state index in [-0.39, 0.29) is 0 Å². The first-order valence-corrected chi connectivity index (χ1v) is 5.26. The van der Waals surface area contributed by atoms with Gasteiger partial charge in [-0.25, -0.2) is 9.97 Å². The fourth-order valence-corrected chi connectivity index (χ4v) is 1.18. The molecular weight excluding hydrogens is 206 g/mol. The van der Waals surface area contributed by atoms with Gasteiger partial charge >= 0.3 is 0 Å². The van der Waals surface area contributed by atoms with Crippen molar-refractivity contribution in [1.82, 2.24) is 9.97 Å². The van der Waals surface area contributed by atoms with E-state index in [1.165, 1.54) is 6.33 Å². The SMILES string of the molecule is C=C(Cl)CNc1cc(SC)ncn1. The molecule has 0 radical (unpaired) electrons. The van der Waals surface area contributed by atoms with Gasteiger partial charge in [-0.1, -0.05) is 18.2 Å². The van der Waals surface area contributed by atoms with E-state index >= 15 is 0 Å². The molecule has 0 aromatic carbocycles. The van der Waals surface area contributed by atoms with E-state index in [0.717, 1.165) is 10.8 Å². The van der Waals surface area contributed by atoms with Crippen LogP contribution in [0.4, 0.5) is 5.82 Å². The third kappa shape index (κ3) is 3.65. The minimum atomic E-state index is 0.520. The van der Waals surface area contributed by atoms with Crippen LogP contribution in [0.15, 0.2) is 29.0 Å². The van der Waals surface area contributed by atoms with Crippen LogP contribution >= 0.6 is 23.4 Å². The van der Waals surface area contributed by atoms with E-state index < -0.39 is 0 Å². The molecule has 0 spiro atoms. The van der Waals surface area contributed by atoms with Crippen LogP contribution in [0.5, 0.6) is 0 Å². The molecule has 0 saturated carbocycles. The number of halogens is 1. The largest absolute Gasteiger partial charge is 0.365 e. The van der Waals surface area contributed by atoms with Gasteiger partial charge in [-0.15, -0.1) is 11.8 Å². The minimum Gasteiger partial charge on any atom is -0.365 e. The molecule has 0 atom stereocenters. The predicted molar refractivity (Wildman–Crippen MR) is 57.3 cm³/mol. The third-order valence-corrected chi connectivity index (χ3v) is 2.09. The number of rotatable bonds is 4. The summed E-state index contributed by atoms with van der Waals surface area (Å²) in [5.41, 5.74) is 0. The fourth-order valence-electron chi connectivity index (χ4n) is 0.734. The molecule has 13 heavy (non-hydrogen) atoms. The van der Waals surface area contributed by atoms with E-state index in [9.17, 15) is 0 Å². The Labute approximate surface area is 86.6 Å². The second-order valence-corrected chi connectivity index (χ2v) is 3.68. The lowest BCUT2D eigenvalue weighted by molar-refractivity contribution is 1.04. The van der Waals surface area contributed by atoms with Crippen molar-refractivity contribution in [2.75, 3.05) is 18.1 Å². The predicted octanol–water partition coefficient (Wildman–Crippen LogP) is 2.36. The van der Waals surface area contributed by atoms with Crippen molar-refractivity contribution in [2.45, 2.75) is 5.03 Å². The van der Waals surface area contributed by atoms with Crippen LogP contribution in [-0.2, 0) is 0 Å². The quantitative estimate of drug-likeness (QED) is 0.618. The summed E-state index contributed by atoms with van der Waals surface area (Å²) < 4.78 is 0. The number of nitrogens with zero attached hydrogens (tertiary/aromatic N) is 2. The highest BCUT2D eigenvalue weighted by molar-refractivity contribution is 7.98. The van der Waals surface area contributed by atoms with E-state index in [1.807, 2.05) is 12.3 Å². The lowest BCUT2D eigenvalue weighted by Crippen LogP contribution is -2.02. The van der Waals surface area contributed by atoms with Crippen LogP contribution in [0, 0.1) is 0 Å². The molecule has 70 valence electrons. The van der Waals surface area contributed by atoms with Gasteiger partial charge in [0.1, 0.15) is 17.2 Å². The molecule has 0 aliphatic rings. The Morgan fingerprint density at radius 1 is 1.69 bits per heavy atom. The van der Waals surface area contributed by atoms with Gasteiger partial charge in [-0.05, 0) is 6.26 Å². The standard InChI is InChI=1S/C8H10ClN3S/c1-6(9)4-10-7-3-8(13-2)12-5-11-7/h3,5H,1,4H2,2H3,(H,10,11,12). The lowest BCUT2D eigenvalue weighted by Gasteiger charge is -2.03. The summed E-state index contributed by atoms with van der Waals surface area (Å²) in [7, 11) is 0. The Bertz CT molecular complexity index is 303. The maximum absolute atomic E-state index is 5.60. The van der Waals surface area contributed by atoms with Crippen molar-refractivity contribution in [1.29, 1.82) is 0 Å². The molecule has 0 fully saturated rings. The Kier molecular flexibility index (Phi) is 4.05. The molecule has 1 aromatic rings. The molecule has 0 bridgehead atoms. The van der Waals surface area contributed by atoms with E-state index in [0.29, 0.717) is 11.6 Å². The van der Waals surface area contributed by atoms with Crippen LogP contribution in [0.3, 0.4) is 0 Å². The molecule has 0 unspecified atom stereocenters. The molecule has 0 amide bonds. The summed E-state index contributed by atoms with van der Waals surface area (Å²) >= 11 is 7.17. The maximum Gasteiger partial charge on any atom is 0.130 e. The van der Waals surface area contributed by atoms with Crippen LogP contribution in [0.2, 0.25) is 0 Å². The molecule has 0 aliphatic heterocycles. The second kappa shape index (κ2) is 5.09. The Balaban J connectivity index is 2.61. The zero-order chi connectivity index (χ0) is 9.68. The lowest BCUT2D eigenvalue weighted by atomic mass is 10.5. The molecule has 0 saturated heterocycles. The van der Waals surface area contributed by atoms with Crippen LogP contribution < -0.4 is 5.32 Å². The number of thioether (sulfide) groups is 1. The molecule has 1 heterocycles. The summed E-state index contributed by atoms with van der Waals surface area (Å²) in [5, 5.41) is 4.51.